The molecule has 1 N–H and O–H groups in total. The summed E-state index contributed by atoms with van der Waals surface area (Å²) in [5.41, 5.74) is 0.0380. The summed E-state index contributed by atoms with van der Waals surface area (Å²) in [5.74, 6) is 2.67. The van der Waals surface area contributed by atoms with Crippen LogP contribution in [0, 0.1) is 23.7 Å². The van der Waals surface area contributed by atoms with Gasteiger partial charge in [0.15, 0.2) is 0 Å². The minimum atomic E-state index is -3.47. The third-order valence-electron chi connectivity index (χ3n) is 7.78. The van der Waals surface area contributed by atoms with E-state index in [2.05, 4.69) is 5.32 Å². The van der Waals surface area contributed by atoms with Gasteiger partial charge in [-0.3, -0.25) is 4.79 Å². The van der Waals surface area contributed by atoms with Crippen molar-refractivity contribution in [3.8, 4) is 0 Å². The molecule has 6 rings (SSSR count). The van der Waals surface area contributed by atoms with Gasteiger partial charge in [-0.25, -0.2) is 8.42 Å². The van der Waals surface area contributed by atoms with E-state index in [1.807, 2.05) is 6.07 Å². The number of amides is 1. The number of benzene rings is 1. The molecular formula is C23H32N2O3S. The molecule has 1 unspecified atom stereocenters. The van der Waals surface area contributed by atoms with E-state index >= 15 is 0 Å². The van der Waals surface area contributed by atoms with Gasteiger partial charge < -0.3 is 5.32 Å². The maximum Gasteiger partial charge on any atom is 0.243 e. The van der Waals surface area contributed by atoms with Crippen molar-refractivity contribution in [2.24, 2.45) is 23.7 Å². The molecule has 1 atom stereocenters. The van der Waals surface area contributed by atoms with Gasteiger partial charge in [-0.1, -0.05) is 18.2 Å². The Labute approximate surface area is 174 Å². The Morgan fingerprint density at radius 1 is 1.03 bits per heavy atom. The number of sulfonamides is 1. The number of rotatable bonds is 5. The Hall–Kier alpha value is -1.40. The van der Waals surface area contributed by atoms with E-state index in [4.69, 9.17) is 0 Å². The molecule has 5 aliphatic rings. The standard InChI is InChI=1S/C23H32N2O3S/c26-22(24-23-13-18-9-19(14-23)11-20(10-18)15-23)12-17-5-4-8-25(16-17)29(27,28)21-6-2-1-3-7-21/h1-3,6-7,17-20H,4-5,8-16H2,(H,24,26). The maximum absolute atomic E-state index is 12.9. The first kappa shape index (κ1) is 19.6. The first-order valence-corrected chi connectivity index (χ1v) is 12.7. The molecule has 1 heterocycles. The second-order valence-electron chi connectivity index (χ2n) is 10.1. The van der Waals surface area contributed by atoms with Gasteiger partial charge in [-0.2, -0.15) is 4.31 Å². The van der Waals surface area contributed by atoms with Crippen LogP contribution in [0.5, 0.6) is 0 Å². The van der Waals surface area contributed by atoms with Crippen molar-refractivity contribution in [3.05, 3.63) is 30.3 Å². The molecule has 29 heavy (non-hydrogen) atoms. The number of carbonyl (C=O) groups is 1. The third-order valence-corrected chi connectivity index (χ3v) is 9.66. The van der Waals surface area contributed by atoms with Crippen LogP contribution in [0.2, 0.25) is 0 Å². The van der Waals surface area contributed by atoms with Crippen LogP contribution in [-0.2, 0) is 14.8 Å². The van der Waals surface area contributed by atoms with Crippen LogP contribution in [0.15, 0.2) is 35.2 Å². The molecule has 5 nitrogen and oxygen atoms in total. The Bertz CT molecular complexity index is 832. The van der Waals surface area contributed by atoms with Crippen molar-refractivity contribution in [3.63, 3.8) is 0 Å². The summed E-state index contributed by atoms with van der Waals surface area (Å²) in [4.78, 5) is 13.3. The minimum absolute atomic E-state index is 0.0380. The second kappa shape index (κ2) is 7.38. The predicted octanol–water partition coefficient (Wildman–Crippen LogP) is 3.56. The second-order valence-corrected chi connectivity index (χ2v) is 12.1. The average molecular weight is 417 g/mol. The Balaban J connectivity index is 1.21. The van der Waals surface area contributed by atoms with Crippen LogP contribution in [0.1, 0.15) is 57.8 Å². The summed E-state index contributed by atoms with van der Waals surface area (Å²) in [5, 5.41) is 3.45. The molecule has 5 fully saturated rings. The fraction of sp³-hybridized carbons (Fsp3) is 0.696. The van der Waals surface area contributed by atoms with Gasteiger partial charge >= 0.3 is 0 Å². The van der Waals surface area contributed by atoms with Gasteiger partial charge in [0.05, 0.1) is 4.90 Å². The molecule has 6 heteroatoms. The highest BCUT2D eigenvalue weighted by atomic mass is 32.2. The Morgan fingerprint density at radius 3 is 2.28 bits per heavy atom. The topological polar surface area (TPSA) is 66.5 Å². The van der Waals surface area contributed by atoms with Crippen LogP contribution in [-0.4, -0.2) is 37.3 Å². The molecule has 158 valence electrons. The number of hydrogen-bond donors (Lipinski definition) is 1. The van der Waals surface area contributed by atoms with Gasteiger partial charge in [-0.05, 0) is 87.2 Å². The lowest BCUT2D eigenvalue weighted by Gasteiger charge is -2.57. The number of hydrogen-bond acceptors (Lipinski definition) is 3. The predicted molar refractivity (Wildman–Crippen MR) is 112 cm³/mol. The molecule has 4 aliphatic carbocycles. The lowest BCUT2D eigenvalue weighted by molar-refractivity contribution is -0.128. The highest BCUT2D eigenvalue weighted by molar-refractivity contribution is 7.89. The summed E-state index contributed by atoms with van der Waals surface area (Å²) in [7, 11) is -3.47. The highest BCUT2D eigenvalue weighted by Crippen LogP contribution is 2.55. The van der Waals surface area contributed by atoms with Crippen molar-refractivity contribution in [1.29, 1.82) is 0 Å². The zero-order chi connectivity index (χ0) is 20.1. The van der Waals surface area contributed by atoms with Crippen LogP contribution in [0.25, 0.3) is 0 Å². The van der Waals surface area contributed by atoms with Crippen LogP contribution in [0.4, 0.5) is 0 Å². The fourth-order valence-corrected chi connectivity index (χ4v) is 8.60. The Morgan fingerprint density at radius 2 is 1.66 bits per heavy atom. The Kier molecular flexibility index (Phi) is 4.98. The maximum atomic E-state index is 12.9. The molecule has 0 spiro atoms. The van der Waals surface area contributed by atoms with E-state index < -0.39 is 10.0 Å². The first-order chi connectivity index (χ1) is 13.9. The summed E-state index contributed by atoms with van der Waals surface area (Å²) >= 11 is 0. The smallest absolute Gasteiger partial charge is 0.243 e. The first-order valence-electron chi connectivity index (χ1n) is 11.3. The molecule has 1 amide bonds. The van der Waals surface area contributed by atoms with E-state index in [0.717, 1.165) is 49.9 Å². The van der Waals surface area contributed by atoms with Gasteiger partial charge in [-0.15, -0.1) is 0 Å². The summed E-state index contributed by atoms with van der Waals surface area (Å²) in [6.07, 6.45) is 9.76. The highest BCUT2D eigenvalue weighted by Gasteiger charge is 2.51. The van der Waals surface area contributed by atoms with Gasteiger partial charge in [0.25, 0.3) is 0 Å². The molecular weight excluding hydrogens is 384 g/mol. The summed E-state index contributed by atoms with van der Waals surface area (Å²) < 4.78 is 27.5. The number of nitrogens with one attached hydrogen (secondary N) is 1. The molecule has 1 aliphatic heterocycles. The van der Waals surface area contributed by atoms with Crippen molar-refractivity contribution >= 4 is 15.9 Å². The molecule has 4 bridgehead atoms. The van der Waals surface area contributed by atoms with Gasteiger partial charge in [0.2, 0.25) is 15.9 Å². The molecule has 4 saturated carbocycles. The van der Waals surface area contributed by atoms with Crippen molar-refractivity contribution in [2.75, 3.05) is 13.1 Å². The van der Waals surface area contributed by atoms with Crippen molar-refractivity contribution < 1.29 is 13.2 Å². The molecule has 0 aromatic heterocycles. The largest absolute Gasteiger partial charge is 0.351 e. The van der Waals surface area contributed by atoms with Crippen LogP contribution >= 0.6 is 0 Å². The number of piperidine rings is 1. The normalized spacial score (nSPS) is 36.8. The van der Waals surface area contributed by atoms with Crippen molar-refractivity contribution in [1.82, 2.24) is 9.62 Å². The third kappa shape index (κ3) is 3.86. The number of carbonyl (C=O) groups excluding carboxylic acids is 1. The molecule has 1 saturated heterocycles. The van der Waals surface area contributed by atoms with E-state index in [1.54, 1.807) is 28.6 Å². The zero-order valence-corrected chi connectivity index (χ0v) is 17.9. The van der Waals surface area contributed by atoms with E-state index in [9.17, 15) is 13.2 Å². The summed E-state index contributed by atoms with van der Waals surface area (Å²) in [6, 6.07) is 8.64. The van der Waals surface area contributed by atoms with Crippen LogP contribution < -0.4 is 5.32 Å². The lowest BCUT2D eigenvalue weighted by Crippen LogP contribution is -2.60. The summed E-state index contributed by atoms with van der Waals surface area (Å²) in [6.45, 7) is 0.996. The van der Waals surface area contributed by atoms with Crippen LogP contribution in [0.3, 0.4) is 0 Å². The SMILES string of the molecule is O=C(CC1CCCN(S(=O)(=O)c2ccccc2)C1)NC12CC3CC(CC(C3)C1)C2. The van der Waals surface area contributed by atoms with E-state index in [-0.39, 0.29) is 17.4 Å². The zero-order valence-electron chi connectivity index (χ0n) is 17.1. The average Bonchev–Trinajstić information content (AvgIpc) is 2.67. The molecule has 0 radical (unpaired) electrons. The monoisotopic (exact) mass is 416 g/mol. The van der Waals surface area contributed by atoms with Gasteiger partial charge in [0, 0.05) is 25.0 Å². The minimum Gasteiger partial charge on any atom is -0.351 e. The lowest BCUT2D eigenvalue weighted by atomic mass is 9.53. The van der Waals surface area contributed by atoms with E-state index in [0.29, 0.717) is 24.4 Å². The van der Waals surface area contributed by atoms with E-state index in [1.165, 1.54) is 19.3 Å². The fourth-order valence-electron chi connectivity index (χ4n) is 7.03. The van der Waals surface area contributed by atoms with Crippen molar-refractivity contribution in [2.45, 2.75) is 68.2 Å². The number of nitrogens with zero attached hydrogens (tertiary/aromatic N) is 1. The molecule has 1 aromatic rings. The quantitative estimate of drug-likeness (QED) is 0.798. The van der Waals surface area contributed by atoms with Gasteiger partial charge in [0.1, 0.15) is 0 Å². The molecule has 1 aromatic carbocycles.